The summed E-state index contributed by atoms with van der Waals surface area (Å²) in [5.74, 6) is -0.580. The molecule has 1 N–H and O–H groups in total. The van der Waals surface area contributed by atoms with E-state index in [-0.39, 0.29) is 5.69 Å². The molecule has 0 radical (unpaired) electrons. The second-order valence-corrected chi connectivity index (χ2v) is 5.43. The molecule has 0 saturated carbocycles. The maximum atomic E-state index is 11.1. The Balaban J connectivity index is 2.63. The maximum Gasteiger partial charge on any atom is 0.358 e. The molecule has 0 atom stereocenters. The van der Waals surface area contributed by atoms with E-state index in [9.17, 15) is 4.79 Å². The molecule has 0 fully saturated rings. The van der Waals surface area contributed by atoms with Gasteiger partial charge >= 0.3 is 5.97 Å². The van der Waals surface area contributed by atoms with E-state index in [0.29, 0.717) is 12.3 Å². The summed E-state index contributed by atoms with van der Waals surface area (Å²) in [6, 6.07) is 0. The van der Waals surface area contributed by atoms with Gasteiger partial charge in [-0.05, 0) is 18.8 Å². The van der Waals surface area contributed by atoms with Gasteiger partial charge < -0.3 is 5.11 Å². The molecular weight excluding hydrogens is 242 g/mol. The van der Waals surface area contributed by atoms with E-state index in [0.717, 1.165) is 25.1 Å². The lowest BCUT2D eigenvalue weighted by atomic mass is 10.1. The molecule has 1 heterocycles. The number of aromatic nitrogens is 3. The first-order valence-corrected chi connectivity index (χ1v) is 7.21. The zero-order chi connectivity index (χ0) is 14.3. The number of carboxylic acids is 1. The topological polar surface area (TPSA) is 68.0 Å². The van der Waals surface area contributed by atoms with Crippen molar-refractivity contribution in [1.82, 2.24) is 15.0 Å². The number of aromatic carboxylic acids is 1. The molecule has 1 aromatic heterocycles. The summed E-state index contributed by atoms with van der Waals surface area (Å²) in [5, 5.41) is 16.9. The van der Waals surface area contributed by atoms with Crippen LogP contribution in [0.3, 0.4) is 0 Å². The van der Waals surface area contributed by atoms with Crippen LogP contribution in [0.2, 0.25) is 0 Å². The van der Waals surface area contributed by atoms with Crippen LogP contribution >= 0.6 is 0 Å². The molecular formula is C14H25N3O2. The number of hydrogen-bond donors (Lipinski definition) is 1. The Hall–Kier alpha value is -1.39. The normalized spacial score (nSPS) is 11.2. The van der Waals surface area contributed by atoms with Crippen molar-refractivity contribution in [1.29, 1.82) is 0 Å². The Bertz CT molecular complexity index is 399. The Labute approximate surface area is 115 Å². The number of aryl methyl sites for hydroxylation is 1. The van der Waals surface area contributed by atoms with Gasteiger partial charge in [-0.3, -0.25) is 0 Å². The summed E-state index contributed by atoms with van der Waals surface area (Å²) in [4.78, 5) is 11.1. The van der Waals surface area contributed by atoms with Crippen molar-refractivity contribution in [3.63, 3.8) is 0 Å². The molecule has 0 amide bonds. The molecule has 5 heteroatoms. The highest BCUT2D eigenvalue weighted by atomic mass is 16.4. The van der Waals surface area contributed by atoms with Crippen molar-refractivity contribution < 1.29 is 9.90 Å². The van der Waals surface area contributed by atoms with Crippen LogP contribution in [0.25, 0.3) is 0 Å². The number of nitrogens with zero attached hydrogens (tertiary/aromatic N) is 3. The lowest BCUT2D eigenvalue weighted by Gasteiger charge is -2.09. The first kappa shape index (κ1) is 15.7. The van der Waals surface area contributed by atoms with Crippen LogP contribution in [0.5, 0.6) is 0 Å². The Morgan fingerprint density at radius 1 is 1.26 bits per heavy atom. The molecule has 0 aliphatic carbocycles. The molecule has 0 bridgehead atoms. The smallest absolute Gasteiger partial charge is 0.358 e. The lowest BCUT2D eigenvalue weighted by molar-refractivity contribution is 0.0689. The molecule has 108 valence electrons. The van der Waals surface area contributed by atoms with Gasteiger partial charge in [-0.1, -0.05) is 51.7 Å². The quantitative estimate of drug-likeness (QED) is 0.698. The highest BCUT2D eigenvalue weighted by molar-refractivity contribution is 5.86. The number of carboxylic acid groups (broad SMARTS) is 1. The molecule has 0 aliphatic rings. The van der Waals surface area contributed by atoms with Gasteiger partial charge in [-0.25, -0.2) is 9.48 Å². The van der Waals surface area contributed by atoms with Crippen molar-refractivity contribution in [2.75, 3.05) is 0 Å². The van der Waals surface area contributed by atoms with E-state index in [2.05, 4.69) is 31.1 Å². The van der Waals surface area contributed by atoms with Crippen LogP contribution in [0, 0.1) is 5.92 Å². The van der Waals surface area contributed by atoms with Gasteiger partial charge in [-0.15, -0.1) is 5.10 Å². The van der Waals surface area contributed by atoms with E-state index in [4.69, 9.17) is 5.11 Å². The van der Waals surface area contributed by atoms with Crippen molar-refractivity contribution >= 4 is 5.97 Å². The molecule has 0 spiro atoms. The van der Waals surface area contributed by atoms with Crippen LogP contribution in [0.4, 0.5) is 0 Å². The van der Waals surface area contributed by atoms with Gasteiger partial charge in [0.15, 0.2) is 5.69 Å². The highest BCUT2D eigenvalue weighted by Gasteiger charge is 2.19. The van der Waals surface area contributed by atoms with E-state index in [1.165, 1.54) is 19.3 Å². The predicted molar refractivity (Wildman–Crippen MR) is 74.3 cm³/mol. The zero-order valence-corrected chi connectivity index (χ0v) is 12.2. The van der Waals surface area contributed by atoms with Crippen molar-refractivity contribution in [3.8, 4) is 0 Å². The van der Waals surface area contributed by atoms with Gasteiger partial charge in [0.05, 0.1) is 5.69 Å². The minimum Gasteiger partial charge on any atom is -0.476 e. The summed E-state index contributed by atoms with van der Waals surface area (Å²) in [5.41, 5.74) is 0.875. The SMILES string of the molecule is CCCCCCCn1nnc(C(=O)O)c1CC(C)C. The number of hydrogen-bond acceptors (Lipinski definition) is 3. The van der Waals surface area contributed by atoms with Gasteiger partial charge in [-0.2, -0.15) is 0 Å². The van der Waals surface area contributed by atoms with Gasteiger partial charge in [0.25, 0.3) is 0 Å². The second kappa shape index (κ2) is 7.92. The third-order valence-electron chi connectivity index (χ3n) is 3.12. The third kappa shape index (κ3) is 5.01. The molecule has 19 heavy (non-hydrogen) atoms. The summed E-state index contributed by atoms with van der Waals surface area (Å²) in [7, 11) is 0. The number of unbranched alkanes of at least 4 members (excludes halogenated alkanes) is 4. The standard InChI is InChI=1S/C14H25N3O2/c1-4-5-6-7-8-9-17-12(10-11(2)3)13(14(18)19)15-16-17/h11H,4-10H2,1-3H3,(H,18,19). The molecule has 5 nitrogen and oxygen atoms in total. The fourth-order valence-corrected chi connectivity index (χ4v) is 2.13. The average Bonchev–Trinajstić information content (AvgIpc) is 2.71. The van der Waals surface area contributed by atoms with E-state index in [1.54, 1.807) is 4.68 Å². The van der Waals surface area contributed by atoms with Crippen LogP contribution in [-0.2, 0) is 13.0 Å². The van der Waals surface area contributed by atoms with Gasteiger partial charge in [0.1, 0.15) is 0 Å². The van der Waals surface area contributed by atoms with Crippen LogP contribution < -0.4 is 0 Å². The Kier molecular flexibility index (Phi) is 6.53. The van der Waals surface area contributed by atoms with Gasteiger partial charge in [0, 0.05) is 6.54 Å². The lowest BCUT2D eigenvalue weighted by Crippen LogP contribution is -2.11. The summed E-state index contributed by atoms with van der Waals surface area (Å²) in [6.07, 6.45) is 6.63. The van der Waals surface area contributed by atoms with Crippen LogP contribution in [0.15, 0.2) is 0 Å². The van der Waals surface area contributed by atoms with Crippen molar-refractivity contribution in [2.45, 2.75) is 65.8 Å². The Morgan fingerprint density at radius 3 is 2.53 bits per heavy atom. The van der Waals surface area contributed by atoms with Crippen LogP contribution in [-0.4, -0.2) is 26.1 Å². The first-order valence-electron chi connectivity index (χ1n) is 7.21. The average molecular weight is 267 g/mol. The summed E-state index contributed by atoms with van der Waals surface area (Å²) >= 11 is 0. The summed E-state index contributed by atoms with van der Waals surface area (Å²) < 4.78 is 1.77. The van der Waals surface area contributed by atoms with E-state index < -0.39 is 5.97 Å². The first-order chi connectivity index (χ1) is 9.06. The zero-order valence-electron chi connectivity index (χ0n) is 12.2. The fourth-order valence-electron chi connectivity index (χ4n) is 2.13. The second-order valence-electron chi connectivity index (χ2n) is 5.43. The van der Waals surface area contributed by atoms with Crippen molar-refractivity contribution in [3.05, 3.63) is 11.4 Å². The monoisotopic (exact) mass is 267 g/mol. The minimum absolute atomic E-state index is 0.113. The molecule has 0 aliphatic heterocycles. The summed E-state index contributed by atoms with van der Waals surface area (Å²) in [6.45, 7) is 7.11. The third-order valence-corrected chi connectivity index (χ3v) is 3.12. The van der Waals surface area contributed by atoms with Crippen molar-refractivity contribution in [2.24, 2.45) is 5.92 Å². The molecule has 1 rings (SSSR count). The number of carbonyl (C=O) groups is 1. The maximum absolute atomic E-state index is 11.1. The highest BCUT2D eigenvalue weighted by Crippen LogP contribution is 2.13. The van der Waals surface area contributed by atoms with E-state index >= 15 is 0 Å². The molecule has 0 aromatic carbocycles. The van der Waals surface area contributed by atoms with Gasteiger partial charge in [0.2, 0.25) is 0 Å². The molecule has 0 unspecified atom stereocenters. The van der Waals surface area contributed by atoms with Crippen LogP contribution in [0.1, 0.15) is 69.1 Å². The Morgan fingerprint density at radius 2 is 1.95 bits per heavy atom. The molecule has 0 saturated heterocycles. The minimum atomic E-state index is -0.979. The predicted octanol–water partition coefficient (Wildman–Crippen LogP) is 3.15. The largest absolute Gasteiger partial charge is 0.476 e. The molecule has 1 aromatic rings. The van der Waals surface area contributed by atoms with E-state index in [1.807, 2.05) is 0 Å². The number of rotatable bonds is 9. The fraction of sp³-hybridized carbons (Fsp3) is 0.786.